The molecule has 1 aromatic heterocycles. The highest BCUT2D eigenvalue weighted by atomic mass is 33.1. The lowest BCUT2D eigenvalue weighted by Crippen LogP contribution is -2.48. The highest BCUT2D eigenvalue weighted by molar-refractivity contribution is 8.77. The Hall–Kier alpha value is -1.48. The fraction of sp³-hybridized carbons (Fsp3) is 0.429. The molecule has 8 heteroatoms. The summed E-state index contributed by atoms with van der Waals surface area (Å²) in [7, 11) is 3.78. The van der Waals surface area contributed by atoms with Gasteiger partial charge in [-0.15, -0.1) is 11.3 Å². The van der Waals surface area contributed by atoms with Crippen LogP contribution in [0.5, 0.6) is 0 Å². The molecule has 4 rings (SSSR count). The highest BCUT2D eigenvalue weighted by Crippen LogP contribution is 2.39. The SMILES string of the molecule is N/C(=N\c1cccc(CN2CCN(C(=O)CC3CCSS3)CC2)c1)c1cccs1. The molecule has 1 amide bonds. The quantitative estimate of drug-likeness (QED) is 0.413. The molecular formula is C21H26N4OS3. The number of nitrogens with zero attached hydrogens (tertiary/aromatic N) is 3. The van der Waals surface area contributed by atoms with Gasteiger partial charge in [-0.3, -0.25) is 9.69 Å². The Morgan fingerprint density at radius 1 is 1.17 bits per heavy atom. The van der Waals surface area contributed by atoms with Gasteiger partial charge in [0.1, 0.15) is 5.84 Å². The molecule has 154 valence electrons. The van der Waals surface area contributed by atoms with Crippen molar-refractivity contribution >= 4 is 50.4 Å². The molecule has 5 nitrogen and oxygen atoms in total. The summed E-state index contributed by atoms with van der Waals surface area (Å²) in [4.78, 5) is 22.5. The number of rotatable bonds is 6. The van der Waals surface area contributed by atoms with Crippen LogP contribution in [0.1, 0.15) is 23.3 Å². The Morgan fingerprint density at radius 2 is 2.03 bits per heavy atom. The van der Waals surface area contributed by atoms with E-state index in [0.717, 1.165) is 49.7 Å². The first-order chi connectivity index (χ1) is 14.2. The van der Waals surface area contributed by atoms with Gasteiger partial charge in [0.15, 0.2) is 0 Å². The summed E-state index contributed by atoms with van der Waals surface area (Å²) >= 11 is 1.60. The van der Waals surface area contributed by atoms with Crippen molar-refractivity contribution in [2.75, 3.05) is 31.9 Å². The number of carbonyl (C=O) groups excluding carboxylic acids is 1. The zero-order valence-corrected chi connectivity index (χ0v) is 18.8. The molecule has 0 radical (unpaired) electrons. The second-order valence-electron chi connectivity index (χ2n) is 7.33. The number of piperazine rings is 1. The minimum atomic E-state index is 0.324. The van der Waals surface area contributed by atoms with E-state index in [1.54, 1.807) is 11.3 Å². The topological polar surface area (TPSA) is 61.9 Å². The lowest BCUT2D eigenvalue weighted by Gasteiger charge is -2.35. The third kappa shape index (κ3) is 5.78. The van der Waals surface area contributed by atoms with Crippen molar-refractivity contribution in [1.82, 2.24) is 9.80 Å². The molecule has 2 N–H and O–H groups in total. The molecule has 1 unspecified atom stereocenters. The highest BCUT2D eigenvalue weighted by Gasteiger charge is 2.25. The van der Waals surface area contributed by atoms with E-state index in [2.05, 4.69) is 22.0 Å². The van der Waals surface area contributed by atoms with Gasteiger partial charge in [0.05, 0.1) is 10.6 Å². The molecule has 2 aliphatic heterocycles. The van der Waals surface area contributed by atoms with Crippen LogP contribution in [0.2, 0.25) is 0 Å². The average Bonchev–Trinajstić information content (AvgIpc) is 3.43. The van der Waals surface area contributed by atoms with Gasteiger partial charge in [0, 0.05) is 50.1 Å². The fourth-order valence-electron chi connectivity index (χ4n) is 3.59. The van der Waals surface area contributed by atoms with Gasteiger partial charge in [0.25, 0.3) is 0 Å². The third-order valence-electron chi connectivity index (χ3n) is 5.19. The number of hydrogen-bond acceptors (Lipinski definition) is 6. The van der Waals surface area contributed by atoms with Crippen molar-refractivity contribution < 1.29 is 4.79 Å². The molecule has 3 heterocycles. The van der Waals surface area contributed by atoms with E-state index in [-0.39, 0.29) is 0 Å². The van der Waals surface area contributed by atoms with E-state index in [0.29, 0.717) is 23.4 Å². The van der Waals surface area contributed by atoms with Crippen LogP contribution in [0.15, 0.2) is 46.8 Å². The maximum atomic E-state index is 12.5. The zero-order valence-electron chi connectivity index (χ0n) is 16.3. The van der Waals surface area contributed by atoms with Crippen LogP contribution in [0.3, 0.4) is 0 Å². The Labute approximate surface area is 184 Å². The van der Waals surface area contributed by atoms with Crippen LogP contribution in [0.4, 0.5) is 5.69 Å². The van der Waals surface area contributed by atoms with Crippen molar-refractivity contribution in [2.24, 2.45) is 10.7 Å². The van der Waals surface area contributed by atoms with E-state index in [9.17, 15) is 4.79 Å². The van der Waals surface area contributed by atoms with Crippen molar-refractivity contribution in [3.05, 3.63) is 52.2 Å². The van der Waals surface area contributed by atoms with Crippen molar-refractivity contribution in [3.8, 4) is 0 Å². The molecule has 2 aromatic rings. The molecule has 0 spiro atoms. The standard InChI is InChI=1S/C21H26N4OS3/c22-21(19-5-2-11-27-19)23-17-4-1-3-16(13-17)15-24-7-9-25(10-8-24)20(26)14-18-6-12-28-29-18/h1-5,11,13,18H,6-10,12,14-15H2,(H2,22,23). The van der Waals surface area contributed by atoms with Crippen molar-refractivity contribution in [3.63, 3.8) is 0 Å². The van der Waals surface area contributed by atoms with Crippen LogP contribution >= 0.6 is 32.9 Å². The van der Waals surface area contributed by atoms with Crippen LogP contribution in [0.25, 0.3) is 0 Å². The summed E-state index contributed by atoms with van der Waals surface area (Å²) in [5.74, 6) is 2.06. The lowest BCUT2D eigenvalue weighted by atomic mass is 10.1. The summed E-state index contributed by atoms with van der Waals surface area (Å²) in [5.41, 5.74) is 8.23. The summed E-state index contributed by atoms with van der Waals surface area (Å²) in [6, 6.07) is 12.2. The van der Waals surface area contributed by atoms with Gasteiger partial charge < -0.3 is 10.6 Å². The van der Waals surface area contributed by atoms with Gasteiger partial charge in [-0.25, -0.2) is 4.99 Å². The lowest BCUT2D eigenvalue weighted by molar-refractivity contribution is -0.133. The molecule has 2 aliphatic rings. The van der Waals surface area contributed by atoms with Crippen LogP contribution in [-0.4, -0.2) is 58.7 Å². The van der Waals surface area contributed by atoms with Gasteiger partial charge in [0.2, 0.25) is 5.91 Å². The molecule has 1 atom stereocenters. The first kappa shape index (κ1) is 20.8. The number of amidine groups is 1. The number of thiophene rings is 1. The number of aliphatic imine (C=N–C) groups is 1. The monoisotopic (exact) mass is 446 g/mol. The first-order valence-electron chi connectivity index (χ1n) is 9.93. The maximum absolute atomic E-state index is 12.5. The molecule has 0 aliphatic carbocycles. The minimum Gasteiger partial charge on any atom is -0.383 e. The summed E-state index contributed by atoms with van der Waals surface area (Å²) < 4.78 is 0. The molecular weight excluding hydrogens is 420 g/mol. The minimum absolute atomic E-state index is 0.324. The summed E-state index contributed by atoms with van der Waals surface area (Å²) in [5, 5.41) is 2.51. The van der Waals surface area contributed by atoms with Gasteiger partial charge in [-0.2, -0.15) is 0 Å². The predicted octanol–water partition coefficient (Wildman–Crippen LogP) is 3.97. The predicted molar refractivity (Wildman–Crippen MR) is 126 cm³/mol. The van der Waals surface area contributed by atoms with Crippen molar-refractivity contribution in [2.45, 2.75) is 24.6 Å². The van der Waals surface area contributed by atoms with E-state index >= 15 is 0 Å². The van der Waals surface area contributed by atoms with Crippen LogP contribution in [-0.2, 0) is 11.3 Å². The summed E-state index contributed by atoms with van der Waals surface area (Å²) in [6.07, 6.45) is 1.86. The van der Waals surface area contributed by atoms with Gasteiger partial charge in [-0.05, 0) is 35.6 Å². The molecule has 0 bridgehead atoms. The Morgan fingerprint density at radius 3 is 2.76 bits per heavy atom. The molecule has 2 saturated heterocycles. The van der Waals surface area contributed by atoms with Crippen molar-refractivity contribution in [1.29, 1.82) is 0 Å². The van der Waals surface area contributed by atoms with Gasteiger partial charge in [-0.1, -0.05) is 39.8 Å². The fourth-order valence-corrected chi connectivity index (χ4v) is 7.11. The van der Waals surface area contributed by atoms with Gasteiger partial charge >= 0.3 is 0 Å². The zero-order chi connectivity index (χ0) is 20.1. The molecule has 0 saturated carbocycles. The number of carbonyl (C=O) groups is 1. The molecule has 1 aromatic carbocycles. The number of benzene rings is 1. The Bertz CT molecular complexity index is 841. The Balaban J connectivity index is 1.29. The summed E-state index contributed by atoms with van der Waals surface area (Å²) in [6.45, 7) is 4.37. The number of amides is 1. The number of hydrogen-bond donors (Lipinski definition) is 1. The largest absolute Gasteiger partial charge is 0.383 e. The van der Waals surface area contributed by atoms with E-state index in [4.69, 9.17) is 5.73 Å². The first-order valence-corrected chi connectivity index (χ1v) is 13.2. The Kier molecular flexibility index (Phi) is 7.18. The number of nitrogens with two attached hydrogens (primary N) is 1. The second-order valence-corrected chi connectivity index (χ2v) is 11.1. The smallest absolute Gasteiger partial charge is 0.223 e. The van der Waals surface area contributed by atoms with Crippen LogP contribution in [0, 0.1) is 0 Å². The van der Waals surface area contributed by atoms with E-state index < -0.39 is 0 Å². The van der Waals surface area contributed by atoms with E-state index in [1.807, 2.05) is 56.1 Å². The maximum Gasteiger partial charge on any atom is 0.223 e. The molecule has 29 heavy (non-hydrogen) atoms. The normalized spacial score (nSPS) is 20.9. The average molecular weight is 447 g/mol. The molecule has 2 fully saturated rings. The van der Waals surface area contributed by atoms with E-state index in [1.165, 1.54) is 11.3 Å². The third-order valence-corrected chi connectivity index (χ3v) is 9.02. The second kappa shape index (κ2) is 10.0. The van der Waals surface area contributed by atoms with Crippen LogP contribution < -0.4 is 5.73 Å².